The van der Waals surface area contributed by atoms with Gasteiger partial charge >= 0.3 is 0 Å². The lowest BCUT2D eigenvalue weighted by Gasteiger charge is -2.31. The van der Waals surface area contributed by atoms with E-state index in [9.17, 15) is 4.79 Å². The fourth-order valence-electron chi connectivity index (χ4n) is 2.37. The number of nitrogens with zero attached hydrogens (tertiary/aromatic N) is 1. The molecule has 5 heteroatoms. The molecule has 1 aromatic rings. The van der Waals surface area contributed by atoms with Crippen LogP contribution in [0.5, 0.6) is 0 Å². The van der Waals surface area contributed by atoms with Crippen LogP contribution >= 0.6 is 27.3 Å². The number of morpholine rings is 1. The van der Waals surface area contributed by atoms with E-state index in [-0.39, 0.29) is 18.1 Å². The zero-order chi connectivity index (χ0) is 11.1. The zero-order valence-corrected chi connectivity index (χ0v) is 11.1. The lowest BCUT2D eigenvalue weighted by atomic mass is 10.2. The highest BCUT2D eigenvalue weighted by Crippen LogP contribution is 2.29. The van der Waals surface area contributed by atoms with Gasteiger partial charge in [-0.2, -0.15) is 0 Å². The van der Waals surface area contributed by atoms with Crippen LogP contribution in [0, 0.1) is 0 Å². The van der Waals surface area contributed by atoms with Crippen molar-refractivity contribution in [1.82, 2.24) is 4.90 Å². The minimum atomic E-state index is 0.149. The van der Waals surface area contributed by atoms with Crippen LogP contribution in [0.15, 0.2) is 15.9 Å². The second-order valence-electron chi connectivity index (χ2n) is 4.27. The molecule has 0 radical (unpaired) electrons. The molecule has 2 unspecified atom stereocenters. The van der Waals surface area contributed by atoms with E-state index in [2.05, 4.69) is 15.9 Å². The van der Waals surface area contributed by atoms with E-state index in [1.165, 1.54) is 11.3 Å². The van der Waals surface area contributed by atoms with E-state index in [0.717, 1.165) is 34.6 Å². The molecule has 16 heavy (non-hydrogen) atoms. The molecule has 0 saturated carbocycles. The summed E-state index contributed by atoms with van der Waals surface area (Å²) in [7, 11) is 0. The summed E-state index contributed by atoms with van der Waals surface area (Å²) >= 11 is 4.88. The summed E-state index contributed by atoms with van der Waals surface area (Å²) in [6, 6.07) is 3.81. The molecule has 0 aliphatic carbocycles. The van der Waals surface area contributed by atoms with Crippen LogP contribution in [0.4, 0.5) is 0 Å². The smallest absolute Gasteiger partial charge is 0.264 e. The molecule has 2 bridgehead atoms. The van der Waals surface area contributed by atoms with Crippen molar-refractivity contribution in [3.05, 3.63) is 20.8 Å². The van der Waals surface area contributed by atoms with Crippen LogP contribution in [0.25, 0.3) is 0 Å². The van der Waals surface area contributed by atoms with Crippen molar-refractivity contribution in [2.45, 2.75) is 25.0 Å². The molecule has 2 fully saturated rings. The number of amides is 1. The maximum Gasteiger partial charge on any atom is 0.264 e. The Balaban J connectivity index is 1.76. The molecule has 2 aliphatic heterocycles. The minimum Gasteiger partial charge on any atom is -0.371 e. The van der Waals surface area contributed by atoms with Crippen LogP contribution in [-0.4, -0.2) is 36.1 Å². The topological polar surface area (TPSA) is 29.5 Å². The van der Waals surface area contributed by atoms with Crippen LogP contribution < -0.4 is 0 Å². The molecular formula is C11H12BrNO2S. The Kier molecular flexibility index (Phi) is 2.77. The first-order valence-corrected chi connectivity index (χ1v) is 7.03. The fraction of sp³-hybridized carbons (Fsp3) is 0.545. The number of halogens is 1. The zero-order valence-electron chi connectivity index (χ0n) is 8.69. The lowest BCUT2D eigenvalue weighted by molar-refractivity contribution is -0.0302. The monoisotopic (exact) mass is 301 g/mol. The van der Waals surface area contributed by atoms with E-state index in [1.54, 1.807) is 0 Å². The van der Waals surface area contributed by atoms with Crippen molar-refractivity contribution in [2.75, 3.05) is 13.1 Å². The van der Waals surface area contributed by atoms with Crippen molar-refractivity contribution in [1.29, 1.82) is 0 Å². The molecule has 2 aliphatic rings. The third kappa shape index (κ3) is 1.92. The highest BCUT2D eigenvalue weighted by molar-refractivity contribution is 9.11. The van der Waals surface area contributed by atoms with E-state index in [4.69, 9.17) is 4.74 Å². The molecule has 0 N–H and O–H groups in total. The molecule has 3 rings (SSSR count). The van der Waals surface area contributed by atoms with Gasteiger partial charge in [0.2, 0.25) is 0 Å². The fourth-order valence-corrected chi connectivity index (χ4v) is 3.72. The number of hydrogen-bond acceptors (Lipinski definition) is 3. The van der Waals surface area contributed by atoms with Gasteiger partial charge in [-0.3, -0.25) is 4.79 Å². The molecule has 3 nitrogen and oxygen atoms in total. The molecular weight excluding hydrogens is 290 g/mol. The summed E-state index contributed by atoms with van der Waals surface area (Å²) in [5.41, 5.74) is 0. The van der Waals surface area contributed by atoms with Crippen molar-refractivity contribution < 1.29 is 9.53 Å². The van der Waals surface area contributed by atoms with Gasteiger partial charge in [-0.05, 0) is 40.9 Å². The SMILES string of the molecule is O=C(c1ccc(Br)s1)N1CC2CCC(C1)O2. The largest absolute Gasteiger partial charge is 0.371 e. The van der Waals surface area contributed by atoms with Crippen LogP contribution in [-0.2, 0) is 4.74 Å². The summed E-state index contributed by atoms with van der Waals surface area (Å²) in [4.78, 5) is 14.9. The number of ether oxygens (including phenoxy) is 1. The molecule has 2 saturated heterocycles. The van der Waals surface area contributed by atoms with Gasteiger partial charge in [-0.1, -0.05) is 0 Å². The molecule has 0 aromatic carbocycles. The van der Waals surface area contributed by atoms with Crippen LogP contribution in [0.2, 0.25) is 0 Å². The quantitative estimate of drug-likeness (QED) is 0.798. The summed E-state index contributed by atoms with van der Waals surface area (Å²) in [5.74, 6) is 0.149. The van der Waals surface area contributed by atoms with E-state index in [1.807, 2.05) is 17.0 Å². The summed E-state index contributed by atoms with van der Waals surface area (Å²) in [5, 5.41) is 0. The Morgan fingerprint density at radius 2 is 2.06 bits per heavy atom. The highest BCUT2D eigenvalue weighted by Gasteiger charge is 2.36. The number of carbonyl (C=O) groups excluding carboxylic acids is 1. The van der Waals surface area contributed by atoms with Crippen molar-refractivity contribution in [3.63, 3.8) is 0 Å². The third-order valence-corrected chi connectivity index (χ3v) is 4.73. The summed E-state index contributed by atoms with van der Waals surface area (Å²) in [6.45, 7) is 1.51. The molecule has 3 heterocycles. The molecule has 1 aromatic heterocycles. The lowest BCUT2D eigenvalue weighted by Crippen LogP contribution is -2.45. The molecule has 1 amide bonds. The standard InChI is InChI=1S/C11H12BrNO2S/c12-10-4-3-9(16-10)11(14)13-5-7-1-2-8(6-13)15-7/h3-4,7-8H,1-2,5-6H2. The Bertz CT molecular complexity index is 408. The third-order valence-electron chi connectivity index (χ3n) is 3.11. The first kappa shape index (κ1) is 10.7. The van der Waals surface area contributed by atoms with E-state index >= 15 is 0 Å². The Morgan fingerprint density at radius 1 is 1.38 bits per heavy atom. The van der Waals surface area contributed by atoms with Gasteiger partial charge in [0.15, 0.2) is 0 Å². The second kappa shape index (κ2) is 4.13. The minimum absolute atomic E-state index is 0.149. The predicted molar refractivity (Wildman–Crippen MR) is 65.8 cm³/mol. The summed E-state index contributed by atoms with van der Waals surface area (Å²) < 4.78 is 6.73. The maximum atomic E-state index is 12.2. The average Bonchev–Trinajstić information content (AvgIpc) is 2.84. The van der Waals surface area contributed by atoms with Gasteiger partial charge in [0.1, 0.15) is 0 Å². The molecule has 86 valence electrons. The van der Waals surface area contributed by atoms with Crippen LogP contribution in [0.3, 0.4) is 0 Å². The second-order valence-corrected chi connectivity index (χ2v) is 6.73. The molecule has 2 atom stereocenters. The Labute approximate surface area is 107 Å². The van der Waals surface area contributed by atoms with E-state index < -0.39 is 0 Å². The average molecular weight is 302 g/mol. The highest BCUT2D eigenvalue weighted by atomic mass is 79.9. The Hall–Kier alpha value is -0.390. The van der Waals surface area contributed by atoms with Gasteiger partial charge in [0.05, 0.1) is 20.9 Å². The molecule has 0 spiro atoms. The number of thiophene rings is 1. The van der Waals surface area contributed by atoms with Gasteiger partial charge in [0, 0.05) is 13.1 Å². The van der Waals surface area contributed by atoms with Gasteiger partial charge < -0.3 is 9.64 Å². The van der Waals surface area contributed by atoms with Crippen LogP contribution in [0.1, 0.15) is 22.5 Å². The number of fused-ring (bicyclic) bond motifs is 2. The number of carbonyl (C=O) groups is 1. The first-order chi connectivity index (χ1) is 7.72. The van der Waals surface area contributed by atoms with E-state index in [0.29, 0.717) is 0 Å². The van der Waals surface area contributed by atoms with Crippen molar-refractivity contribution in [3.8, 4) is 0 Å². The summed E-state index contributed by atoms with van der Waals surface area (Å²) in [6.07, 6.45) is 2.74. The predicted octanol–water partition coefficient (Wildman–Crippen LogP) is 2.51. The number of likely N-dealkylation sites (tertiary alicyclic amines) is 1. The van der Waals surface area contributed by atoms with Gasteiger partial charge in [-0.15, -0.1) is 11.3 Å². The number of rotatable bonds is 1. The normalized spacial score (nSPS) is 28.4. The van der Waals surface area contributed by atoms with Crippen molar-refractivity contribution >= 4 is 33.2 Å². The van der Waals surface area contributed by atoms with Gasteiger partial charge in [0.25, 0.3) is 5.91 Å². The Morgan fingerprint density at radius 3 is 2.62 bits per heavy atom. The maximum absolute atomic E-state index is 12.2. The van der Waals surface area contributed by atoms with Crippen molar-refractivity contribution in [2.24, 2.45) is 0 Å². The first-order valence-electron chi connectivity index (χ1n) is 5.42. The van der Waals surface area contributed by atoms with Gasteiger partial charge in [-0.25, -0.2) is 0 Å². The number of hydrogen-bond donors (Lipinski definition) is 0.